The van der Waals surface area contributed by atoms with Crippen LogP contribution in [-0.4, -0.2) is 13.1 Å². The number of allylic oxidation sites excluding steroid dienone is 1. The van der Waals surface area contributed by atoms with E-state index in [1.165, 1.54) is 7.11 Å². The first-order chi connectivity index (χ1) is 5.06. The quantitative estimate of drug-likeness (QED) is 0.460. The summed E-state index contributed by atoms with van der Waals surface area (Å²) >= 11 is 0. The monoisotopic (exact) mass is 156 g/mol. The van der Waals surface area contributed by atoms with E-state index in [1.807, 2.05) is 13.8 Å². The third-order valence-corrected chi connectivity index (χ3v) is 1.44. The Labute approximate surface area is 68.2 Å². The van der Waals surface area contributed by atoms with Crippen LogP contribution in [0.25, 0.3) is 0 Å². The summed E-state index contributed by atoms with van der Waals surface area (Å²) in [6.07, 6.45) is 1.39. The van der Waals surface area contributed by atoms with Gasteiger partial charge in [0, 0.05) is 6.42 Å². The Kier molecular flexibility index (Phi) is 4.59. The predicted molar refractivity (Wildman–Crippen MR) is 45.2 cm³/mol. The van der Waals surface area contributed by atoms with Crippen molar-refractivity contribution in [2.45, 2.75) is 26.7 Å². The molecule has 0 spiro atoms. The van der Waals surface area contributed by atoms with Gasteiger partial charge in [-0.15, -0.1) is 6.58 Å². The van der Waals surface area contributed by atoms with E-state index in [4.69, 9.17) is 0 Å². The first-order valence-electron chi connectivity index (χ1n) is 3.77. The molecule has 0 amide bonds. The van der Waals surface area contributed by atoms with Crippen LogP contribution in [0.2, 0.25) is 0 Å². The molecule has 2 heteroatoms. The summed E-state index contributed by atoms with van der Waals surface area (Å²) in [5.74, 6) is 0.207. The lowest BCUT2D eigenvalue weighted by molar-refractivity contribution is -0.141. The molecule has 1 unspecified atom stereocenters. The SMILES string of the molecule is C=C(C)CC(C)CC(=O)OC. The van der Waals surface area contributed by atoms with Gasteiger partial charge in [0.2, 0.25) is 0 Å². The number of esters is 1. The molecule has 0 rings (SSSR count). The molecule has 0 radical (unpaired) electrons. The van der Waals surface area contributed by atoms with Crippen LogP contribution >= 0.6 is 0 Å². The predicted octanol–water partition coefficient (Wildman–Crippen LogP) is 2.15. The van der Waals surface area contributed by atoms with Crippen LogP contribution in [0, 0.1) is 5.92 Å². The van der Waals surface area contributed by atoms with Gasteiger partial charge in [-0.1, -0.05) is 12.5 Å². The van der Waals surface area contributed by atoms with Crippen LogP contribution < -0.4 is 0 Å². The normalized spacial score (nSPS) is 12.3. The van der Waals surface area contributed by atoms with Crippen molar-refractivity contribution >= 4 is 5.97 Å². The molecule has 0 aromatic heterocycles. The average molecular weight is 156 g/mol. The van der Waals surface area contributed by atoms with Gasteiger partial charge in [-0.05, 0) is 19.3 Å². The smallest absolute Gasteiger partial charge is 0.305 e. The third kappa shape index (κ3) is 5.64. The van der Waals surface area contributed by atoms with Gasteiger partial charge in [-0.2, -0.15) is 0 Å². The van der Waals surface area contributed by atoms with Gasteiger partial charge >= 0.3 is 5.97 Å². The molecule has 0 N–H and O–H groups in total. The summed E-state index contributed by atoms with van der Waals surface area (Å²) in [5, 5.41) is 0. The largest absolute Gasteiger partial charge is 0.469 e. The van der Waals surface area contributed by atoms with Crippen molar-refractivity contribution in [2.75, 3.05) is 7.11 Å². The fraction of sp³-hybridized carbons (Fsp3) is 0.667. The third-order valence-electron chi connectivity index (χ3n) is 1.44. The van der Waals surface area contributed by atoms with E-state index < -0.39 is 0 Å². The van der Waals surface area contributed by atoms with Gasteiger partial charge < -0.3 is 4.74 Å². The highest BCUT2D eigenvalue weighted by Crippen LogP contribution is 2.12. The van der Waals surface area contributed by atoms with E-state index in [9.17, 15) is 4.79 Å². The second kappa shape index (κ2) is 4.94. The number of hydrogen-bond acceptors (Lipinski definition) is 2. The maximum Gasteiger partial charge on any atom is 0.305 e. The Hall–Kier alpha value is -0.790. The topological polar surface area (TPSA) is 26.3 Å². The summed E-state index contributed by atoms with van der Waals surface area (Å²) < 4.78 is 4.53. The molecule has 0 aliphatic rings. The van der Waals surface area contributed by atoms with Crippen molar-refractivity contribution in [1.82, 2.24) is 0 Å². The second-order valence-electron chi connectivity index (χ2n) is 3.05. The van der Waals surface area contributed by atoms with Crippen molar-refractivity contribution < 1.29 is 9.53 Å². The zero-order valence-corrected chi connectivity index (χ0v) is 7.52. The van der Waals surface area contributed by atoms with E-state index in [-0.39, 0.29) is 5.97 Å². The summed E-state index contributed by atoms with van der Waals surface area (Å²) in [4.78, 5) is 10.8. The lowest BCUT2D eigenvalue weighted by Crippen LogP contribution is -2.07. The van der Waals surface area contributed by atoms with Gasteiger partial charge in [-0.3, -0.25) is 4.79 Å². The minimum atomic E-state index is -0.140. The molecule has 0 aliphatic heterocycles. The number of carbonyl (C=O) groups is 1. The average Bonchev–Trinajstić information content (AvgIpc) is 1.85. The molecule has 0 aromatic rings. The zero-order valence-electron chi connectivity index (χ0n) is 7.52. The fourth-order valence-corrected chi connectivity index (χ4v) is 1.03. The molecule has 0 aromatic carbocycles. The summed E-state index contributed by atoms with van der Waals surface area (Å²) in [7, 11) is 1.41. The Balaban J connectivity index is 3.60. The van der Waals surface area contributed by atoms with E-state index in [0.29, 0.717) is 12.3 Å². The van der Waals surface area contributed by atoms with Crippen LogP contribution in [0.4, 0.5) is 0 Å². The second-order valence-corrected chi connectivity index (χ2v) is 3.05. The van der Waals surface area contributed by atoms with Gasteiger partial charge in [0.15, 0.2) is 0 Å². The Morgan fingerprint density at radius 3 is 2.45 bits per heavy atom. The van der Waals surface area contributed by atoms with Gasteiger partial charge in [0.1, 0.15) is 0 Å². The molecule has 0 saturated carbocycles. The van der Waals surface area contributed by atoms with Crippen molar-refractivity contribution in [1.29, 1.82) is 0 Å². The highest BCUT2D eigenvalue weighted by molar-refractivity contribution is 5.69. The fourth-order valence-electron chi connectivity index (χ4n) is 1.03. The molecule has 64 valence electrons. The van der Waals surface area contributed by atoms with E-state index in [0.717, 1.165) is 12.0 Å². The molecular weight excluding hydrogens is 140 g/mol. The lowest BCUT2D eigenvalue weighted by Gasteiger charge is -2.08. The highest BCUT2D eigenvalue weighted by atomic mass is 16.5. The molecule has 0 heterocycles. The van der Waals surface area contributed by atoms with Crippen LogP contribution in [-0.2, 0) is 9.53 Å². The van der Waals surface area contributed by atoms with Crippen molar-refractivity contribution in [3.8, 4) is 0 Å². The number of carbonyl (C=O) groups excluding carboxylic acids is 1. The summed E-state index contributed by atoms with van der Waals surface area (Å²) in [5.41, 5.74) is 1.11. The minimum Gasteiger partial charge on any atom is -0.469 e. The number of methoxy groups -OCH3 is 1. The molecule has 0 bridgehead atoms. The Morgan fingerprint density at radius 2 is 2.09 bits per heavy atom. The van der Waals surface area contributed by atoms with Gasteiger partial charge in [0.05, 0.1) is 7.11 Å². The zero-order chi connectivity index (χ0) is 8.85. The highest BCUT2D eigenvalue weighted by Gasteiger charge is 2.08. The summed E-state index contributed by atoms with van der Waals surface area (Å²) in [6.45, 7) is 7.76. The Bertz CT molecular complexity index is 150. The first kappa shape index (κ1) is 10.2. The van der Waals surface area contributed by atoms with E-state index in [2.05, 4.69) is 11.3 Å². The molecule has 2 nitrogen and oxygen atoms in total. The van der Waals surface area contributed by atoms with Crippen molar-refractivity contribution in [3.05, 3.63) is 12.2 Å². The Morgan fingerprint density at radius 1 is 1.55 bits per heavy atom. The molecule has 11 heavy (non-hydrogen) atoms. The van der Waals surface area contributed by atoms with Gasteiger partial charge in [0.25, 0.3) is 0 Å². The number of rotatable bonds is 4. The van der Waals surface area contributed by atoms with E-state index >= 15 is 0 Å². The maximum atomic E-state index is 10.8. The molecule has 1 atom stereocenters. The molecular formula is C9H16O2. The van der Waals surface area contributed by atoms with Crippen LogP contribution in [0.5, 0.6) is 0 Å². The van der Waals surface area contributed by atoms with E-state index in [1.54, 1.807) is 0 Å². The molecule has 0 saturated heterocycles. The number of hydrogen-bond donors (Lipinski definition) is 0. The van der Waals surface area contributed by atoms with Crippen LogP contribution in [0.1, 0.15) is 26.7 Å². The van der Waals surface area contributed by atoms with Crippen LogP contribution in [0.15, 0.2) is 12.2 Å². The minimum absolute atomic E-state index is 0.140. The maximum absolute atomic E-state index is 10.8. The van der Waals surface area contributed by atoms with Crippen molar-refractivity contribution in [3.63, 3.8) is 0 Å². The van der Waals surface area contributed by atoms with Crippen molar-refractivity contribution in [2.24, 2.45) is 5.92 Å². The standard InChI is InChI=1S/C9H16O2/c1-7(2)5-8(3)6-9(10)11-4/h8H,1,5-6H2,2-4H3. The van der Waals surface area contributed by atoms with Gasteiger partial charge in [-0.25, -0.2) is 0 Å². The molecule has 0 fully saturated rings. The first-order valence-corrected chi connectivity index (χ1v) is 3.77. The summed E-state index contributed by atoms with van der Waals surface area (Å²) in [6, 6.07) is 0. The lowest BCUT2D eigenvalue weighted by atomic mass is 10.0. The number of ether oxygens (including phenoxy) is 1. The van der Waals surface area contributed by atoms with Crippen LogP contribution in [0.3, 0.4) is 0 Å². The molecule has 0 aliphatic carbocycles.